The minimum atomic E-state index is -3.89. The van der Waals surface area contributed by atoms with Crippen LogP contribution >= 0.6 is 27.3 Å². The molecule has 1 N–H and O–H groups in total. The molecule has 0 bridgehead atoms. The first kappa shape index (κ1) is 14.0. The molecule has 19 heavy (non-hydrogen) atoms. The Kier molecular flexibility index (Phi) is 3.89. The van der Waals surface area contributed by atoms with Crippen LogP contribution in [0.4, 0.5) is 10.1 Å². The number of hydrogen-bond acceptors (Lipinski definition) is 4. The van der Waals surface area contributed by atoms with E-state index in [1.54, 1.807) is 0 Å². The van der Waals surface area contributed by atoms with Crippen LogP contribution in [-0.2, 0) is 10.0 Å². The smallest absolute Gasteiger partial charge is 0.271 e. The van der Waals surface area contributed by atoms with Crippen LogP contribution in [0, 0.1) is 17.1 Å². The van der Waals surface area contributed by atoms with Gasteiger partial charge in [0.15, 0.2) is 0 Å². The largest absolute Gasteiger partial charge is 0.276 e. The highest BCUT2D eigenvalue weighted by atomic mass is 79.9. The molecule has 2 aromatic rings. The van der Waals surface area contributed by atoms with Crippen LogP contribution in [-0.4, -0.2) is 8.42 Å². The fourth-order valence-electron chi connectivity index (χ4n) is 1.30. The Balaban J connectivity index is 2.36. The fourth-order valence-corrected chi connectivity index (χ4v) is 3.82. The van der Waals surface area contributed by atoms with Gasteiger partial charge in [0.2, 0.25) is 0 Å². The summed E-state index contributed by atoms with van der Waals surface area (Å²) >= 11 is 3.96. The molecule has 0 saturated heterocycles. The Labute approximate surface area is 121 Å². The molecular weight excluding hydrogens is 355 g/mol. The van der Waals surface area contributed by atoms with Crippen LogP contribution in [0.15, 0.2) is 39.0 Å². The molecule has 0 unspecified atom stereocenters. The van der Waals surface area contributed by atoms with Crippen LogP contribution in [0.1, 0.15) is 4.88 Å². The van der Waals surface area contributed by atoms with Gasteiger partial charge in [-0.2, -0.15) is 5.26 Å². The molecule has 0 saturated carbocycles. The summed E-state index contributed by atoms with van der Waals surface area (Å²) in [6, 6.07) is 8.49. The van der Waals surface area contributed by atoms with Gasteiger partial charge >= 0.3 is 0 Å². The molecule has 0 radical (unpaired) electrons. The van der Waals surface area contributed by atoms with Crippen LogP contribution in [0.2, 0.25) is 0 Å². The van der Waals surface area contributed by atoms with Crippen molar-refractivity contribution in [1.82, 2.24) is 0 Å². The van der Waals surface area contributed by atoms with E-state index in [1.807, 2.05) is 6.07 Å². The van der Waals surface area contributed by atoms with E-state index in [9.17, 15) is 12.8 Å². The SMILES string of the molecule is N#Cc1ccc(S(=O)(=O)Nc2cc(Br)ccc2F)s1. The summed E-state index contributed by atoms with van der Waals surface area (Å²) in [5, 5.41) is 8.67. The second-order valence-electron chi connectivity index (χ2n) is 3.46. The van der Waals surface area contributed by atoms with E-state index >= 15 is 0 Å². The Morgan fingerprint density at radius 2 is 2.05 bits per heavy atom. The molecule has 98 valence electrons. The lowest BCUT2D eigenvalue weighted by Gasteiger charge is -2.07. The lowest BCUT2D eigenvalue weighted by atomic mass is 10.3. The van der Waals surface area contributed by atoms with Crippen LogP contribution < -0.4 is 4.72 Å². The molecule has 0 atom stereocenters. The Hall–Kier alpha value is -1.43. The zero-order chi connectivity index (χ0) is 14.0. The predicted octanol–water partition coefficient (Wildman–Crippen LogP) is 3.32. The molecule has 0 aliphatic rings. The van der Waals surface area contributed by atoms with E-state index in [0.29, 0.717) is 4.47 Å². The van der Waals surface area contributed by atoms with Gasteiger partial charge in [-0.3, -0.25) is 4.72 Å². The van der Waals surface area contributed by atoms with Gasteiger partial charge in [0.05, 0.1) is 5.69 Å². The van der Waals surface area contributed by atoms with E-state index < -0.39 is 15.8 Å². The predicted molar refractivity (Wildman–Crippen MR) is 73.9 cm³/mol. The van der Waals surface area contributed by atoms with Gasteiger partial charge in [-0.25, -0.2) is 12.8 Å². The van der Waals surface area contributed by atoms with Gasteiger partial charge in [-0.05, 0) is 30.3 Å². The summed E-state index contributed by atoms with van der Waals surface area (Å²) in [7, 11) is -3.89. The standard InChI is InChI=1S/C11H6BrFN2O2S2/c12-7-1-3-9(13)10(5-7)15-19(16,17)11-4-2-8(6-14)18-11/h1-5,15H. The number of anilines is 1. The molecule has 0 fully saturated rings. The second kappa shape index (κ2) is 5.28. The normalized spacial score (nSPS) is 11.0. The van der Waals surface area contributed by atoms with Crippen molar-refractivity contribution in [2.75, 3.05) is 4.72 Å². The highest BCUT2D eigenvalue weighted by Crippen LogP contribution is 2.26. The van der Waals surface area contributed by atoms with Gasteiger partial charge in [0.25, 0.3) is 10.0 Å². The lowest BCUT2D eigenvalue weighted by Crippen LogP contribution is -2.12. The molecule has 0 aliphatic heterocycles. The topological polar surface area (TPSA) is 70.0 Å². The summed E-state index contributed by atoms with van der Waals surface area (Å²) in [6.07, 6.45) is 0. The van der Waals surface area contributed by atoms with E-state index in [0.717, 1.165) is 17.4 Å². The number of sulfonamides is 1. The van der Waals surface area contributed by atoms with Crippen molar-refractivity contribution in [3.8, 4) is 6.07 Å². The van der Waals surface area contributed by atoms with Crippen molar-refractivity contribution in [3.63, 3.8) is 0 Å². The Bertz CT molecular complexity index is 765. The highest BCUT2D eigenvalue weighted by Gasteiger charge is 2.18. The van der Waals surface area contributed by atoms with E-state index in [2.05, 4.69) is 20.7 Å². The number of rotatable bonds is 3. The first-order valence-electron chi connectivity index (χ1n) is 4.90. The van der Waals surface area contributed by atoms with E-state index in [-0.39, 0.29) is 14.8 Å². The van der Waals surface area contributed by atoms with Crippen molar-refractivity contribution >= 4 is 43.0 Å². The molecule has 0 aliphatic carbocycles. The first-order valence-corrected chi connectivity index (χ1v) is 7.99. The number of thiophene rings is 1. The zero-order valence-corrected chi connectivity index (χ0v) is 12.4. The first-order chi connectivity index (χ1) is 8.92. The second-order valence-corrected chi connectivity index (χ2v) is 7.37. The summed E-state index contributed by atoms with van der Waals surface area (Å²) in [5.41, 5.74) is -0.152. The van der Waals surface area contributed by atoms with Gasteiger partial charge in [-0.1, -0.05) is 15.9 Å². The summed E-state index contributed by atoms with van der Waals surface area (Å²) in [4.78, 5) is 0.273. The number of nitrogens with zero attached hydrogens (tertiary/aromatic N) is 1. The maximum absolute atomic E-state index is 13.5. The van der Waals surface area contributed by atoms with Gasteiger partial charge in [0.1, 0.15) is 21.0 Å². The van der Waals surface area contributed by atoms with Crippen molar-refractivity contribution in [1.29, 1.82) is 5.26 Å². The van der Waals surface area contributed by atoms with E-state index in [4.69, 9.17) is 5.26 Å². The summed E-state index contributed by atoms with van der Waals surface area (Å²) in [6.45, 7) is 0. The minimum absolute atomic E-state index is 0.0385. The number of benzene rings is 1. The summed E-state index contributed by atoms with van der Waals surface area (Å²) < 4.78 is 40.2. The average molecular weight is 361 g/mol. The monoisotopic (exact) mass is 360 g/mol. The zero-order valence-electron chi connectivity index (χ0n) is 9.22. The van der Waals surface area contributed by atoms with Crippen LogP contribution in [0.25, 0.3) is 0 Å². The number of halogens is 2. The highest BCUT2D eigenvalue weighted by molar-refractivity contribution is 9.10. The van der Waals surface area contributed by atoms with Crippen molar-refractivity contribution in [2.45, 2.75) is 4.21 Å². The maximum atomic E-state index is 13.5. The third-order valence-electron chi connectivity index (χ3n) is 2.13. The molecule has 0 spiro atoms. The van der Waals surface area contributed by atoms with Crippen LogP contribution in [0.5, 0.6) is 0 Å². The van der Waals surface area contributed by atoms with Gasteiger partial charge < -0.3 is 0 Å². The van der Waals surface area contributed by atoms with Gasteiger partial charge in [0, 0.05) is 4.47 Å². The number of nitrogens with one attached hydrogen (secondary N) is 1. The lowest BCUT2D eigenvalue weighted by molar-refractivity contribution is 0.600. The van der Waals surface area contributed by atoms with Crippen LogP contribution in [0.3, 0.4) is 0 Å². The molecule has 8 heteroatoms. The molecule has 2 rings (SSSR count). The number of hydrogen-bond donors (Lipinski definition) is 1. The van der Waals surface area contributed by atoms with Crippen molar-refractivity contribution in [2.24, 2.45) is 0 Å². The molecule has 4 nitrogen and oxygen atoms in total. The third kappa shape index (κ3) is 3.12. The Morgan fingerprint density at radius 1 is 1.32 bits per heavy atom. The third-order valence-corrected chi connectivity index (χ3v) is 5.47. The quantitative estimate of drug-likeness (QED) is 0.912. The molecule has 0 amide bonds. The fraction of sp³-hybridized carbons (Fsp3) is 0. The Morgan fingerprint density at radius 3 is 2.68 bits per heavy atom. The summed E-state index contributed by atoms with van der Waals surface area (Å²) in [5.74, 6) is -0.677. The number of nitriles is 1. The van der Waals surface area contributed by atoms with Crippen molar-refractivity contribution in [3.05, 3.63) is 45.5 Å². The van der Waals surface area contributed by atoms with Crippen molar-refractivity contribution < 1.29 is 12.8 Å². The molecule has 1 aromatic carbocycles. The maximum Gasteiger partial charge on any atom is 0.271 e. The minimum Gasteiger partial charge on any atom is -0.276 e. The average Bonchev–Trinajstić information content (AvgIpc) is 2.83. The molecule has 1 aromatic heterocycles. The van der Waals surface area contributed by atoms with Gasteiger partial charge in [-0.15, -0.1) is 11.3 Å². The molecular formula is C11H6BrFN2O2S2. The molecule has 1 heterocycles. The van der Waals surface area contributed by atoms with E-state index in [1.165, 1.54) is 24.3 Å².